The number of likely N-dealkylation sites (N-methyl/N-ethyl adjacent to an activating group) is 1. The Kier molecular flexibility index (Phi) is 4.02. The number of alkyl halides is 3. The predicted octanol–water partition coefficient (Wildman–Crippen LogP) is 4.99. The van der Waals surface area contributed by atoms with Crippen LogP contribution in [0.2, 0.25) is 0 Å². The van der Waals surface area contributed by atoms with Gasteiger partial charge in [-0.15, -0.1) is 0 Å². The van der Waals surface area contributed by atoms with E-state index in [1.165, 1.54) is 17.7 Å². The van der Waals surface area contributed by atoms with Crippen molar-refractivity contribution in [3.8, 4) is 0 Å². The highest BCUT2D eigenvalue weighted by Gasteiger charge is 2.47. The Morgan fingerprint density at radius 2 is 1.78 bits per heavy atom. The number of aromatic amines is 1. The molecule has 1 aromatic heterocycles. The average Bonchev–Trinajstić information content (AvgIpc) is 3.28. The van der Waals surface area contributed by atoms with Crippen molar-refractivity contribution >= 4 is 16.8 Å². The first kappa shape index (κ1) is 17.6. The number of nitrogens with one attached hydrogen (secondary N) is 1. The second kappa shape index (κ2) is 6.15. The van der Waals surface area contributed by atoms with Crippen molar-refractivity contribution < 1.29 is 18.0 Å². The van der Waals surface area contributed by atoms with Crippen LogP contribution in [0, 0.1) is 0 Å². The summed E-state index contributed by atoms with van der Waals surface area (Å²) in [6, 6.07) is 12.4. The van der Waals surface area contributed by atoms with Gasteiger partial charge in [-0.3, -0.25) is 4.79 Å². The van der Waals surface area contributed by atoms with Crippen molar-refractivity contribution in [2.75, 3.05) is 13.6 Å². The zero-order valence-electron chi connectivity index (χ0n) is 14.8. The lowest BCUT2D eigenvalue weighted by Crippen LogP contribution is -2.34. The maximum Gasteiger partial charge on any atom is 0.416 e. The van der Waals surface area contributed by atoms with Crippen LogP contribution in [0.15, 0.2) is 54.7 Å². The summed E-state index contributed by atoms with van der Waals surface area (Å²) in [6.07, 6.45) is -0.423. The van der Waals surface area contributed by atoms with E-state index in [1.807, 2.05) is 24.4 Å². The van der Waals surface area contributed by atoms with Gasteiger partial charge in [-0.25, -0.2) is 0 Å². The third kappa shape index (κ3) is 3.20. The van der Waals surface area contributed by atoms with Gasteiger partial charge in [0, 0.05) is 41.7 Å². The molecule has 1 amide bonds. The summed E-state index contributed by atoms with van der Waals surface area (Å²) in [5.41, 5.74) is 1.69. The molecule has 1 aliphatic carbocycles. The number of hydrogen-bond acceptors (Lipinski definition) is 1. The molecule has 0 unspecified atom stereocenters. The smallest absolute Gasteiger partial charge is 0.361 e. The summed E-state index contributed by atoms with van der Waals surface area (Å²) in [5.74, 6) is -0.269. The number of carbonyl (C=O) groups is 1. The first-order valence-electron chi connectivity index (χ1n) is 8.79. The zero-order valence-corrected chi connectivity index (χ0v) is 14.8. The standard InChI is InChI=1S/C21H19F3N2O/c1-26(19(27)14-6-8-15(9-7-14)21(22,23)24)13-20(10-11-20)17-12-25-18-5-3-2-4-16(17)18/h2-9,12,25H,10-11,13H2,1H3. The molecule has 6 heteroatoms. The fraction of sp³-hybridized carbons (Fsp3) is 0.286. The van der Waals surface area contributed by atoms with E-state index in [0.29, 0.717) is 6.54 Å². The minimum atomic E-state index is -4.40. The van der Waals surface area contributed by atoms with E-state index in [9.17, 15) is 18.0 Å². The molecule has 0 spiro atoms. The van der Waals surface area contributed by atoms with E-state index in [2.05, 4.69) is 11.1 Å². The Morgan fingerprint density at radius 3 is 2.41 bits per heavy atom. The van der Waals surface area contributed by atoms with Gasteiger partial charge in [-0.1, -0.05) is 18.2 Å². The van der Waals surface area contributed by atoms with Crippen molar-refractivity contribution in [3.63, 3.8) is 0 Å². The molecule has 0 bridgehead atoms. The van der Waals surface area contributed by atoms with Gasteiger partial charge in [0.05, 0.1) is 5.56 Å². The molecule has 1 fully saturated rings. The summed E-state index contributed by atoms with van der Waals surface area (Å²) < 4.78 is 38.1. The number of benzene rings is 2. The molecular weight excluding hydrogens is 353 g/mol. The second-order valence-electron chi connectivity index (χ2n) is 7.26. The molecule has 0 saturated heterocycles. The van der Waals surface area contributed by atoms with Crippen molar-refractivity contribution in [1.82, 2.24) is 9.88 Å². The van der Waals surface area contributed by atoms with Gasteiger partial charge in [-0.2, -0.15) is 13.2 Å². The molecule has 3 nitrogen and oxygen atoms in total. The van der Waals surface area contributed by atoms with E-state index in [4.69, 9.17) is 0 Å². The fourth-order valence-corrected chi connectivity index (χ4v) is 3.72. The maximum absolute atomic E-state index is 12.7. The van der Waals surface area contributed by atoms with Crippen LogP contribution in [0.1, 0.15) is 34.3 Å². The van der Waals surface area contributed by atoms with Crippen LogP contribution >= 0.6 is 0 Å². The Bertz CT molecular complexity index is 985. The van der Waals surface area contributed by atoms with Crippen LogP contribution in [-0.2, 0) is 11.6 Å². The van der Waals surface area contributed by atoms with Gasteiger partial charge in [0.2, 0.25) is 0 Å². The number of H-pyrrole nitrogens is 1. The van der Waals surface area contributed by atoms with E-state index >= 15 is 0 Å². The number of rotatable bonds is 4. The summed E-state index contributed by atoms with van der Waals surface area (Å²) in [7, 11) is 1.70. The number of hydrogen-bond donors (Lipinski definition) is 1. The molecule has 1 N–H and O–H groups in total. The summed E-state index contributed by atoms with van der Waals surface area (Å²) in [6.45, 7) is 0.536. The highest BCUT2D eigenvalue weighted by atomic mass is 19.4. The molecule has 0 aliphatic heterocycles. The monoisotopic (exact) mass is 372 g/mol. The van der Waals surface area contributed by atoms with Gasteiger partial charge >= 0.3 is 6.18 Å². The first-order chi connectivity index (χ1) is 12.8. The molecule has 140 valence electrons. The van der Waals surface area contributed by atoms with Crippen LogP contribution in [0.5, 0.6) is 0 Å². The lowest BCUT2D eigenvalue weighted by Gasteiger charge is -2.24. The van der Waals surface area contributed by atoms with Crippen molar-refractivity contribution in [1.29, 1.82) is 0 Å². The first-order valence-corrected chi connectivity index (χ1v) is 8.79. The molecule has 27 heavy (non-hydrogen) atoms. The molecule has 0 atom stereocenters. The topological polar surface area (TPSA) is 36.1 Å². The lowest BCUT2D eigenvalue weighted by atomic mass is 9.94. The fourth-order valence-electron chi connectivity index (χ4n) is 3.72. The van der Waals surface area contributed by atoms with Gasteiger partial charge in [-0.05, 0) is 48.7 Å². The molecule has 3 aromatic rings. The molecule has 1 aliphatic rings. The number of halogens is 3. The van der Waals surface area contributed by atoms with Crippen LogP contribution < -0.4 is 0 Å². The van der Waals surface area contributed by atoms with E-state index in [-0.39, 0.29) is 16.9 Å². The molecule has 0 radical (unpaired) electrons. The maximum atomic E-state index is 12.7. The zero-order chi connectivity index (χ0) is 19.2. The normalized spacial score (nSPS) is 15.7. The van der Waals surface area contributed by atoms with Crippen molar-refractivity contribution in [3.05, 3.63) is 71.4 Å². The van der Waals surface area contributed by atoms with E-state index < -0.39 is 11.7 Å². The lowest BCUT2D eigenvalue weighted by molar-refractivity contribution is -0.137. The van der Waals surface area contributed by atoms with Crippen LogP contribution in [0.25, 0.3) is 10.9 Å². The van der Waals surface area contributed by atoms with Crippen LogP contribution in [-0.4, -0.2) is 29.4 Å². The number of carbonyl (C=O) groups excluding carboxylic acids is 1. The quantitative estimate of drug-likeness (QED) is 0.688. The average molecular weight is 372 g/mol. The summed E-state index contributed by atoms with van der Waals surface area (Å²) >= 11 is 0. The highest BCUT2D eigenvalue weighted by Crippen LogP contribution is 2.50. The van der Waals surface area contributed by atoms with Gasteiger partial charge in [0.1, 0.15) is 0 Å². The predicted molar refractivity (Wildman–Crippen MR) is 97.6 cm³/mol. The van der Waals surface area contributed by atoms with Gasteiger partial charge in [0.25, 0.3) is 5.91 Å². The van der Waals surface area contributed by atoms with Crippen molar-refractivity contribution in [2.24, 2.45) is 0 Å². The number of para-hydroxylation sites is 1. The van der Waals surface area contributed by atoms with Gasteiger partial charge < -0.3 is 9.88 Å². The number of amides is 1. The minimum absolute atomic E-state index is 0.0874. The Balaban J connectivity index is 1.53. The number of nitrogens with zero attached hydrogens (tertiary/aromatic N) is 1. The molecule has 4 rings (SSSR count). The van der Waals surface area contributed by atoms with Crippen LogP contribution in [0.4, 0.5) is 13.2 Å². The Labute approximate surface area is 154 Å². The molecule has 1 saturated carbocycles. The molecular formula is C21H19F3N2O. The summed E-state index contributed by atoms with van der Waals surface area (Å²) in [4.78, 5) is 17.6. The third-order valence-corrected chi connectivity index (χ3v) is 5.36. The van der Waals surface area contributed by atoms with E-state index in [1.54, 1.807) is 11.9 Å². The Morgan fingerprint density at radius 1 is 1.11 bits per heavy atom. The second-order valence-corrected chi connectivity index (χ2v) is 7.26. The minimum Gasteiger partial charge on any atom is -0.361 e. The SMILES string of the molecule is CN(CC1(c2c[nH]c3ccccc23)CC1)C(=O)c1ccc(C(F)(F)F)cc1. The number of fused-ring (bicyclic) bond motifs is 1. The van der Waals surface area contributed by atoms with Crippen molar-refractivity contribution in [2.45, 2.75) is 24.4 Å². The van der Waals surface area contributed by atoms with Gasteiger partial charge in [0.15, 0.2) is 0 Å². The Hall–Kier alpha value is -2.76. The number of aromatic nitrogens is 1. The van der Waals surface area contributed by atoms with E-state index in [0.717, 1.165) is 35.9 Å². The molecule has 2 aromatic carbocycles. The molecule has 1 heterocycles. The summed E-state index contributed by atoms with van der Waals surface area (Å²) in [5, 5.41) is 1.16. The third-order valence-electron chi connectivity index (χ3n) is 5.36. The largest absolute Gasteiger partial charge is 0.416 e. The van der Waals surface area contributed by atoms with Crippen LogP contribution in [0.3, 0.4) is 0 Å². The highest BCUT2D eigenvalue weighted by molar-refractivity contribution is 5.94.